The Kier molecular flexibility index (Phi) is 3.15. The monoisotopic (exact) mass is 304 g/mol. The second-order valence-corrected chi connectivity index (χ2v) is 8.96. The zero-order valence-corrected chi connectivity index (χ0v) is 13.8. The van der Waals surface area contributed by atoms with Crippen LogP contribution < -0.4 is 0 Å². The number of rotatable bonds is 0. The molecular weight excluding hydrogens is 276 g/mol. The molecule has 4 aliphatic carbocycles. The Bertz CT molecular complexity index is 527. The van der Waals surface area contributed by atoms with E-state index in [0.717, 1.165) is 38.5 Å². The Morgan fingerprint density at radius 1 is 1.05 bits per heavy atom. The average molecular weight is 304 g/mol. The van der Waals surface area contributed by atoms with Crippen molar-refractivity contribution in [2.24, 2.45) is 34.5 Å². The number of aliphatic hydroxyl groups is 1. The lowest BCUT2D eigenvalue weighted by Gasteiger charge is -2.59. The smallest absolute Gasteiger partial charge is 0.139 e. The first-order valence-corrected chi connectivity index (χ1v) is 9.10. The van der Waals surface area contributed by atoms with Crippen LogP contribution in [0.2, 0.25) is 0 Å². The first kappa shape index (κ1) is 14.9. The number of hydrogen-bond donors (Lipinski definition) is 1. The van der Waals surface area contributed by atoms with Crippen LogP contribution in [0.3, 0.4) is 0 Å². The maximum atomic E-state index is 12.9. The van der Waals surface area contributed by atoms with E-state index in [-0.39, 0.29) is 28.8 Å². The van der Waals surface area contributed by atoms with Crippen molar-refractivity contribution in [2.45, 2.75) is 71.3 Å². The van der Waals surface area contributed by atoms with Gasteiger partial charge in [-0.25, -0.2) is 0 Å². The molecule has 0 amide bonds. The maximum absolute atomic E-state index is 12.9. The molecule has 4 fully saturated rings. The normalized spacial score (nSPS) is 54.6. The number of fused-ring (bicyclic) bond motifs is 5. The number of carbonyl (C=O) groups is 2. The van der Waals surface area contributed by atoms with Gasteiger partial charge in [0, 0.05) is 24.2 Å². The van der Waals surface area contributed by atoms with Crippen LogP contribution in [-0.4, -0.2) is 22.8 Å². The van der Waals surface area contributed by atoms with Gasteiger partial charge in [-0.2, -0.15) is 0 Å². The Hall–Kier alpha value is -0.700. The van der Waals surface area contributed by atoms with Gasteiger partial charge in [0.2, 0.25) is 0 Å². The van der Waals surface area contributed by atoms with Crippen LogP contribution in [0.1, 0.15) is 65.2 Å². The van der Waals surface area contributed by atoms with E-state index in [2.05, 4.69) is 13.8 Å². The Morgan fingerprint density at radius 3 is 2.59 bits per heavy atom. The Morgan fingerprint density at radius 2 is 1.82 bits per heavy atom. The summed E-state index contributed by atoms with van der Waals surface area (Å²) in [7, 11) is 0. The van der Waals surface area contributed by atoms with Gasteiger partial charge in [-0.15, -0.1) is 0 Å². The lowest BCUT2D eigenvalue weighted by atomic mass is 9.45. The van der Waals surface area contributed by atoms with Crippen LogP contribution >= 0.6 is 0 Å². The van der Waals surface area contributed by atoms with Crippen molar-refractivity contribution >= 4 is 11.6 Å². The predicted molar refractivity (Wildman–Crippen MR) is 83.1 cm³/mol. The fraction of sp³-hybridized carbons (Fsp3) is 0.895. The second kappa shape index (κ2) is 4.66. The van der Waals surface area contributed by atoms with Crippen molar-refractivity contribution in [2.75, 3.05) is 0 Å². The van der Waals surface area contributed by atoms with Crippen LogP contribution in [0.5, 0.6) is 0 Å². The molecule has 0 aromatic rings. The summed E-state index contributed by atoms with van der Waals surface area (Å²) in [5, 5.41) is 10.0. The van der Waals surface area contributed by atoms with Gasteiger partial charge >= 0.3 is 0 Å². The zero-order valence-electron chi connectivity index (χ0n) is 13.8. The van der Waals surface area contributed by atoms with Gasteiger partial charge in [0.15, 0.2) is 0 Å². The van der Waals surface area contributed by atoms with Crippen molar-refractivity contribution < 1.29 is 14.7 Å². The number of carbonyl (C=O) groups excluding carboxylic acids is 2. The molecule has 0 aliphatic heterocycles. The molecule has 4 rings (SSSR count). The van der Waals surface area contributed by atoms with E-state index in [1.165, 1.54) is 0 Å². The summed E-state index contributed by atoms with van der Waals surface area (Å²) < 4.78 is 0. The number of aliphatic hydroxyl groups excluding tert-OH is 1. The molecule has 0 radical (unpaired) electrons. The molecule has 0 saturated heterocycles. The molecule has 7 atom stereocenters. The van der Waals surface area contributed by atoms with Crippen LogP contribution in [0.15, 0.2) is 0 Å². The molecule has 22 heavy (non-hydrogen) atoms. The molecule has 0 aromatic carbocycles. The first-order chi connectivity index (χ1) is 10.4. The minimum absolute atomic E-state index is 0.113. The summed E-state index contributed by atoms with van der Waals surface area (Å²) in [4.78, 5) is 25.3. The molecule has 3 nitrogen and oxygen atoms in total. The molecular formula is C19H28O3. The molecule has 0 aromatic heterocycles. The molecule has 122 valence electrons. The lowest BCUT2D eigenvalue weighted by Crippen LogP contribution is -2.57. The van der Waals surface area contributed by atoms with E-state index in [1.807, 2.05) is 0 Å². The Labute approximate surface area is 132 Å². The van der Waals surface area contributed by atoms with Crippen LogP contribution in [-0.2, 0) is 9.59 Å². The summed E-state index contributed by atoms with van der Waals surface area (Å²) >= 11 is 0. The highest BCUT2D eigenvalue weighted by Gasteiger charge is 2.62. The summed E-state index contributed by atoms with van der Waals surface area (Å²) in [6, 6.07) is 0. The van der Waals surface area contributed by atoms with Crippen molar-refractivity contribution in [3.63, 3.8) is 0 Å². The minimum Gasteiger partial charge on any atom is -0.393 e. The van der Waals surface area contributed by atoms with Gasteiger partial charge in [-0.1, -0.05) is 13.8 Å². The van der Waals surface area contributed by atoms with Gasteiger partial charge < -0.3 is 5.11 Å². The number of ketones is 2. The molecule has 0 bridgehead atoms. The minimum atomic E-state index is -0.228. The number of hydrogen-bond acceptors (Lipinski definition) is 3. The number of Topliss-reactive ketones (excluding diaryl/α,β-unsaturated/α-hetero) is 2. The van der Waals surface area contributed by atoms with Crippen molar-refractivity contribution in [3.8, 4) is 0 Å². The van der Waals surface area contributed by atoms with Crippen molar-refractivity contribution in [1.82, 2.24) is 0 Å². The van der Waals surface area contributed by atoms with Crippen molar-refractivity contribution in [3.05, 3.63) is 0 Å². The highest BCUT2D eigenvalue weighted by molar-refractivity contribution is 5.90. The highest BCUT2D eigenvalue weighted by atomic mass is 16.3. The summed E-state index contributed by atoms with van der Waals surface area (Å²) in [6.07, 6.45) is 6.73. The van der Waals surface area contributed by atoms with Crippen LogP contribution in [0.4, 0.5) is 0 Å². The molecule has 0 unspecified atom stereocenters. The van der Waals surface area contributed by atoms with Crippen LogP contribution in [0.25, 0.3) is 0 Å². The van der Waals surface area contributed by atoms with E-state index in [0.29, 0.717) is 36.2 Å². The molecule has 3 heteroatoms. The first-order valence-electron chi connectivity index (χ1n) is 9.10. The largest absolute Gasteiger partial charge is 0.393 e. The standard InChI is InChI=1S/C19H28O3/c1-18-7-5-12(20)9-11(18)10-15(21)17-13-3-4-16(22)19(13,2)8-6-14(17)18/h11-14,17,20H,3-10H2,1-2H3/t11-,12+,13-,14+,17+,18+,19-/m1/s1. The van der Waals surface area contributed by atoms with E-state index < -0.39 is 0 Å². The van der Waals surface area contributed by atoms with Gasteiger partial charge in [0.1, 0.15) is 11.6 Å². The SMILES string of the molecule is C[C@]12CC[C@H](O)C[C@@H]1CC(=O)[C@H]1[C@H]3CCC(=O)[C@]3(C)CC[C@@H]12. The fourth-order valence-electron chi connectivity index (χ4n) is 6.68. The van der Waals surface area contributed by atoms with E-state index in [9.17, 15) is 14.7 Å². The quantitative estimate of drug-likeness (QED) is 0.748. The fourth-order valence-corrected chi connectivity index (χ4v) is 6.68. The van der Waals surface area contributed by atoms with Gasteiger partial charge in [-0.3, -0.25) is 9.59 Å². The topological polar surface area (TPSA) is 54.4 Å². The van der Waals surface area contributed by atoms with Gasteiger partial charge in [-0.05, 0) is 61.7 Å². The van der Waals surface area contributed by atoms with E-state index >= 15 is 0 Å². The summed E-state index contributed by atoms with van der Waals surface area (Å²) in [5.74, 6) is 1.99. The lowest BCUT2D eigenvalue weighted by molar-refractivity contribution is -0.160. The summed E-state index contributed by atoms with van der Waals surface area (Å²) in [5.41, 5.74) is -0.0288. The van der Waals surface area contributed by atoms with Crippen LogP contribution in [0, 0.1) is 34.5 Å². The second-order valence-electron chi connectivity index (χ2n) is 8.96. The highest BCUT2D eigenvalue weighted by Crippen LogP contribution is 2.64. The maximum Gasteiger partial charge on any atom is 0.139 e. The third-order valence-electron chi connectivity index (χ3n) is 8.15. The molecule has 4 aliphatic rings. The molecule has 0 heterocycles. The Balaban J connectivity index is 1.70. The third-order valence-corrected chi connectivity index (χ3v) is 8.15. The van der Waals surface area contributed by atoms with Gasteiger partial charge in [0.05, 0.1) is 6.10 Å². The molecule has 4 saturated carbocycles. The summed E-state index contributed by atoms with van der Waals surface area (Å²) in [6.45, 7) is 4.49. The van der Waals surface area contributed by atoms with E-state index in [1.54, 1.807) is 0 Å². The predicted octanol–water partition coefficient (Wildman–Crippen LogP) is 3.14. The molecule has 0 spiro atoms. The van der Waals surface area contributed by atoms with Gasteiger partial charge in [0.25, 0.3) is 0 Å². The van der Waals surface area contributed by atoms with Crippen molar-refractivity contribution in [1.29, 1.82) is 0 Å². The third kappa shape index (κ3) is 1.78. The zero-order chi connectivity index (χ0) is 15.7. The molecule has 1 N–H and O–H groups in total. The van der Waals surface area contributed by atoms with E-state index in [4.69, 9.17) is 0 Å². The average Bonchev–Trinajstić information content (AvgIpc) is 2.77.